The Morgan fingerprint density at radius 3 is 2.60 bits per heavy atom. The summed E-state index contributed by atoms with van der Waals surface area (Å²) in [5.41, 5.74) is -0.757. The molecule has 0 saturated heterocycles. The molecule has 20 heavy (non-hydrogen) atoms. The Morgan fingerprint density at radius 2 is 1.90 bits per heavy atom. The monoisotopic (exact) mass is 281 g/mol. The third-order valence-corrected chi connectivity index (χ3v) is 5.34. The number of hydrogen-bond acceptors (Lipinski definition) is 2. The maximum atomic E-state index is 12.3. The first-order chi connectivity index (χ1) is 9.52. The summed E-state index contributed by atoms with van der Waals surface area (Å²) in [4.78, 5) is 12.3. The van der Waals surface area contributed by atoms with E-state index in [1.807, 2.05) is 6.92 Å². The van der Waals surface area contributed by atoms with E-state index < -0.39 is 5.60 Å². The van der Waals surface area contributed by atoms with Gasteiger partial charge >= 0.3 is 0 Å². The summed E-state index contributed by atoms with van der Waals surface area (Å²) in [6.45, 7) is 4.26. The van der Waals surface area contributed by atoms with Crippen LogP contribution in [0.15, 0.2) is 0 Å². The number of aliphatic hydroxyl groups is 1. The molecule has 0 spiro atoms. The molecule has 0 bridgehead atoms. The van der Waals surface area contributed by atoms with E-state index >= 15 is 0 Å². The standard InChI is InChI=1S/C17H31NO2/c1-3-10-17(2,20)12-18-16(19)15-9-8-13-6-4-5-7-14(13)11-15/h13-15,20H,3-12H2,1-2H3,(H,18,19). The summed E-state index contributed by atoms with van der Waals surface area (Å²) in [7, 11) is 0. The van der Waals surface area contributed by atoms with E-state index in [0.717, 1.165) is 37.5 Å². The Labute approximate surface area is 123 Å². The van der Waals surface area contributed by atoms with Crippen LogP contribution >= 0.6 is 0 Å². The summed E-state index contributed by atoms with van der Waals surface area (Å²) in [6.07, 6.45) is 10.5. The second-order valence-corrected chi connectivity index (χ2v) is 7.28. The molecule has 2 aliphatic rings. The molecule has 2 rings (SSSR count). The Bertz CT molecular complexity index is 327. The lowest BCUT2D eigenvalue weighted by atomic mass is 9.67. The van der Waals surface area contributed by atoms with Crippen LogP contribution in [0.25, 0.3) is 0 Å². The molecule has 4 atom stereocenters. The van der Waals surface area contributed by atoms with Crippen molar-refractivity contribution in [3.05, 3.63) is 0 Å². The Kier molecular flexibility index (Phi) is 5.48. The first kappa shape index (κ1) is 15.8. The van der Waals surface area contributed by atoms with Crippen LogP contribution in [-0.2, 0) is 4.79 Å². The molecule has 0 heterocycles. The minimum atomic E-state index is -0.757. The van der Waals surface area contributed by atoms with Crippen LogP contribution in [0, 0.1) is 17.8 Å². The van der Waals surface area contributed by atoms with Crippen molar-refractivity contribution in [2.75, 3.05) is 6.54 Å². The molecule has 2 fully saturated rings. The number of fused-ring (bicyclic) bond motifs is 1. The van der Waals surface area contributed by atoms with Crippen molar-refractivity contribution in [2.24, 2.45) is 17.8 Å². The van der Waals surface area contributed by atoms with Crippen LogP contribution in [0.4, 0.5) is 0 Å². The third kappa shape index (κ3) is 4.21. The van der Waals surface area contributed by atoms with Gasteiger partial charge in [-0.05, 0) is 44.4 Å². The van der Waals surface area contributed by atoms with Crippen molar-refractivity contribution < 1.29 is 9.90 Å². The zero-order valence-electron chi connectivity index (χ0n) is 13.2. The molecule has 0 aromatic rings. The predicted octanol–water partition coefficient (Wildman–Crippen LogP) is 3.26. The van der Waals surface area contributed by atoms with Gasteiger partial charge in [0.15, 0.2) is 0 Å². The summed E-state index contributed by atoms with van der Waals surface area (Å²) >= 11 is 0. The highest BCUT2D eigenvalue weighted by Gasteiger charge is 2.35. The predicted molar refractivity (Wildman–Crippen MR) is 81.3 cm³/mol. The molecule has 0 aromatic carbocycles. The van der Waals surface area contributed by atoms with Gasteiger partial charge in [0.25, 0.3) is 0 Å². The fourth-order valence-corrected chi connectivity index (χ4v) is 4.16. The van der Waals surface area contributed by atoms with Gasteiger partial charge in [0.2, 0.25) is 5.91 Å². The molecule has 116 valence electrons. The molecular formula is C17H31NO2. The van der Waals surface area contributed by atoms with Crippen LogP contribution in [0.3, 0.4) is 0 Å². The minimum Gasteiger partial charge on any atom is -0.388 e. The van der Waals surface area contributed by atoms with E-state index in [9.17, 15) is 9.90 Å². The molecule has 1 amide bonds. The summed E-state index contributed by atoms with van der Waals surface area (Å²) in [5.74, 6) is 2.03. The largest absolute Gasteiger partial charge is 0.388 e. The Balaban J connectivity index is 1.78. The molecule has 2 saturated carbocycles. The number of carbonyl (C=O) groups excluding carboxylic acids is 1. The van der Waals surface area contributed by atoms with Gasteiger partial charge in [-0.2, -0.15) is 0 Å². The number of hydrogen-bond donors (Lipinski definition) is 2. The molecule has 4 unspecified atom stereocenters. The van der Waals surface area contributed by atoms with E-state index in [4.69, 9.17) is 0 Å². The Morgan fingerprint density at radius 1 is 1.20 bits per heavy atom. The quantitative estimate of drug-likeness (QED) is 0.812. The average molecular weight is 281 g/mol. The van der Waals surface area contributed by atoms with Gasteiger partial charge in [-0.25, -0.2) is 0 Å². The van der Waals surface area contributed by atoms with Crippen molar-refractivity contribution in [3.63, 3.8) is 0 Å². The number of carbonyl (C=O) groups is 1. The van der Waals surface area contributed by atoms with Gasteiger partial charge in [-0.1, -0.05) is 39.0 Å². The zero-order valence-corrected chi connectivity index (χ0v) is 13.2. The second-order valence-electron chi connectivity index (χ2n) is 7.28. The maximum absolute atomic E-state index is 12.3. The number of nitrogens with one attached hydrogen (secondary N) is 1. The lowest BCUT2D eigenvalue weighted by molar-refractivity contribution is -0.128. The van der Waals surface area contributed by atoms with Crippen molar-refractivity contribution in [1.82, 2.24) is 5.32 Å². The fourth-order valence-electron chi connectivity index (χ4n) is 4.16. The third-order valence-electron chi connectivity index (χ3n) is 5.34. The van der Waals surface area contributed by atoms with Crippen LogP contribution < -0.4 is 5.32 Å². The van der Waals surface area contributed by atoms with Crippen molar-refractivity contribution in [2.45, 2.75) is 77.2 Å². The highest BCUT2D eigenvalue weighted by atomic mass is 16.3. The fraction of sp³-hybridized carbons (Fsp3) is 0.941. The van der Waals surface area contributed by atoms with Gasteiger partial charge in [-0.15, -0.1) is 0 Å². The van der Waals surface area contributed by atoms with Crippen LogP contribution in [0.1, 0.15) is 71.6 Å². The molecule has 0 aromatic heterocycles. The van der Waals surface area contributed by atoms with E-state index in [1.165, 1.54) is 32.1 Å². The molecular weight excluding hydrogens is 250 g/mol. The molecule has 3 heteroatoms. The van der Waals surface area contributed by atoms with Gasteiger partial charge in [-0.3, -0.25) is 4.79 Å². The minimum absolute atomic E-state index is 0.172. The van der Waals surface area contributed by atoms with E-state index in [1.54, 1.807) is 0 Å². The van der Waals surface area contributed by atoms with Gasteiger partial charge in [0.1, 0.15) is 0 Å². The van der Waals surface area contributed by atoms with E-state index in [-0.39, 0.29) is 11.8 Å². The molecule has 3 nitrogen and oxygen atoms in total. The first-order valence-electron chi connectivity index (χ1n) is 8.52. The van der Waals surface area contributed by atoms with E-state index in [0.29, 0.717) is 6.54 Å². The average Bonchev–Trinajstić information content (AvgIpc) is 2.44. The molecule has 0 radical (unpaired) electrons. The van der Waals surface area contributed by atoms with Crippen LogP contribution in [0.5, 0.6) is 0 Å². The van der Waals surface area contributed by atoms with Crippen molar-refractivity contribution >= 4 is 5.91 Å². The van der Waals surface area contributed by atoms with E-state index in [2.05, 4.69) is 12.2 Å². The first-order valence-corrected chi connectivity index (χ1v) is 8.52. The second kappa shape index (κ2) is 6.93. The molecule has 0 aliphatic heterocycles. The lowest BCUT2D eigenvalue weighted by Gasteiger charge is -2.39. The van der Waals surface area contributed by atoms with Crippen molar-refractivity contribution in [3.8, 4) is 0 Å². The lowest BCUT2D eigenvalue weighted by Crippen LogP contribution is -2.44. The highest BCUT2D eigenvalue weighted by Crippen LogP contribution is 2.42. The van der Waals surface area contributed by atoms with Crippen LogP contribution in [0.2, 0.25) is 0 Å². The number of rotatable bonds is 5. The highest BCUT2D eigenvalue weighted by molar-refractivity contribution is 5.78. The topological polar surface area (TPSA) is 49.3 Å². The Hall–Kier alpha value is -0.570. The smallest absolute Gasteiger partial charge is 0.223 e. The molecule has 2 N–H and O–H groups in total. The van der Waals surface area contributed by atoms with Gasteiger partial charge in [0.05, 0.1) is 5.60 Å². The zero-order chi connectivity index (χ0) is 14.6. The van der Waals surface area contributed by atoms with Crippen LogP contribution in [-0.4, -0.2) is 23.2 Å². The SMILES string of the molecule is CCCC(C)(O)CNC(=O)C1CCC2CCCCC2C1. The normalized spacial score (nSPS) is 33.0. The van der Waals surface area contributed by atoms with Gasteiger partial charge in [0, 0.05) is 12.5 Å². The maximum Gasteiger partial charge on any atom is 0.223 e. The summed E-state index contributed by atoms with van der Waals surface area (Å²) in [5, 5.41) is 13.1. The molecule has 2 aliphatic carbocycles. The number of amides is 1. The summed E-state index contributed by atoms with van der Waals surface area (Å²) in [6, 6.07) is 0. The van der Waals surface area contributed by atoms with Crippen molar-refractivity contribution in [1.29, 1.82) is 0 Å². The van der Waals surface area contributed by atoms with Gasteiger partial charge < -0.3 is 10.4 Å². The summed E-state index contributed by atoms with van der Waals surface area (Å²) < 4.78 is 0.